The van der Waals surface area contributed by atoms with E-state index in [1.807, 2.05) is 53.2 Å². The van der Waals surface area contributed by atoms with Crippen LogP contribution >= 0.6 is 0 Å². The molecule has 4 heterocycles. The number of fused-ring (bicyclic) bond motifs is 3. The number of ether oxygens (including phenoxy) is 2. The third kappa shape index (κ3) is 3.72. The molecule has 2 saturated heterocycles. The van der Waals surface area contributed by atoms with Gasteiger partial charge in [0.25, 0.3) is 0 Å². The highest BCUT2D eigenvalue weighted by molar-refractivity contribution is 6.09. The van der Waals surface area contributed by atoms with Gasteiger partial charge in [-0.3, -0.25) is 9.80 Å². The number of carbonyl (C=O) groups excluding carboxylic acids is 2. The average Bonchev–Trinajstić information content (AvgIpc) is 3.20. The molecule has 4 aliphatic rings. The fourth-order valence-corrected chi connectivity index (χ4v) is 5.20. The fraction of sp³-hybridized carbons (Fsp3) is 0.480. The molecule has 2 atom stereocenters. The lowest BCUT2D eigenvalue weighted by Gasteiger charge is -2.39. The van der Waals surface area contributed by atoms with Crippen LogP contribution in [-0.2, 0) is 19.1 Å². The van der Waals surface area contributed by atoms with Crippen LogP contribution in [0.15, 0.2) is 52.8 Å². The van der Waals surface area contributed by atoms with Gasteiger partial charge in [-0.1, -0.05) is 30.3 Å². The number of rotatable bonds is 4. The lowest BCUT2D eigenvalue weighted by atomic mass is 9.86. The molecule has 174 valence electrons. The zero-order valence-corrected chi connectivity index (χ0v) is 19.2. The van der Waals surface area contributed by atoms with E-state index in [4.69, 9.17) is 14.6 Å². The predicted molar refractivity (Wildman–Crippen MR) is 124 cm³/mol. The third-order valence-corrected chi connectivity index (χ3v) is 6.80. The molecule has 8 heteroatoms. The van der Waals surface area contributed by atoms with Crippen molar-refractivity contribution in [1.29, 1.82) is 0 Å². The Hall–Kier alpha value is -3.13. The van der Waals surface area contributed by atoms with Crippen LogP contribution in [0.1, 0.15) is 25.8 Å². The molecule has 0 bridgehead atoms. The number of esters is 1. The summed E-state index contributed by atoms with van der Waals surface area (Å²) in [6.45, 7) is 8.11. The number of piperidine rings is 1. The molecule has 0 aliphatic carbocycles. The van der Waals surface area contributed by atoms with E-state index in [0.29, 0.717) is 37.6 Å². The number of amides is 1. The summed E-state index contributed by atoms with van der Waals surface area (Å²) >= 11 is 0. The van der Waals surface area contributed by atoms with Crippen LogP contribution in [0.3, 0.4) is 0 Å². The normalized spacial score (nSPS) is 24.9. The summed E-state index contributed by atoms with van der Waals surface area (Å²) in [6, 6.07) is 9.81. The van der Waals surface area contributed by atoms with E-state index < -0.39 is 11.9 Å². The second kappa shape index (κ2) is 9.02. The number of likely N-dealkylation sites (tertiary alicyclic amines) is 1. The van der Waals surface area contributed by atoms with E-state index >= 15 is 0 Å². The smallest absolute Gasteiger partial charge is 0.337 e. The predicted octanol–water partition coefficient (Wildman–Crippen LogP) is 2.10. The van der Waals surface area contributed by atoms with Crippen LogP contribution in [0.4, 0.5) is 0 Å². The Kier molecular flexibility index (Phi) is 5.93. The van der Waals surface area contributed by atoms with Gasteiger partial charge in [-0.15, -0.1) is 0 Å². The van der Waals surface area contributed by atoms with Gasteiger partial charge in [0.05, 0.1) is 43.1 Å². The Morgan fingerprint density at radius 1 is 1.15 bits per heavy atom. The fourth-order valence-electron chi connectivity index (χ4n) is 5.20. The number of amidine groups is 1. The van der Waals surface area contributed by atoms with Crippen molar-refractivity contribution in [2.24, 2.45) is 11.0 Å². The topological polar surface area (TPSA) is 74.7 Å². The van der Waals surface area contributed by atoms with Crippen molar-refractivity contribution in [2.45, 2.75) is 26.3 Å². The van der Waals surface area contributed by atoms with E-state index in [1.54, 1.807) is 6.92 Å². The van der Waals surface area contributed by atoms with Gasteiger partial charge >= 0.3 is 5.97 Å². The Bertz CT molecular complexity index is 1030. The highest BCUT2D eigenvalue weighted by Crippen LogP contribution is 2.47. The minimum atomic E-state index is -0.576. The first-order valence-electron chi connectivity index (χ1n) is 11.8. The first-order valence-corrected chi connectivity index (χ1v) is 11.8. The van der Waals surface area contributed by atoms with E-state index in [9.17, 15) is 9.59 Å². The van der Waals surface area contributed by atoms with Crippen molar-refractivity contribution in [1.82, 2.24) is 14.8 Å². The molecule has 5 rings (SSSR count). The molecule has 4 aliphatic heterocycles. The largest absolute Gasteiger partial charge is 0.463 e. The molecule has 1 aromatic rings. The van der Waals surface area contributed by atoms with E-state index in [0.717, 1.165) is 36.5 Å². The number of hydrogen-bond donors (Lipinski definition) is 0. The van der Waals surface area contributed by atoms with Crippen molar-refractivity contribution >= 4 is 23.3 Å². The van der Waals surface area contributed by atoms with Crippen LogP contribution in [0, 0.1) is 5.92 Å². The molecule has 2 unspecified atom stereocenters. The van der Waals surface area contributed by atoms with Gasteiger partial charge in [0.1, 0.15) is 5.84 Å². The van der Waals surface area contributed by atoms with E-state index in [1.165, 1.54) is 0 Å². The molecule has 0 saturated carbocycles. The maximum Gasteiger partial charge on any atom is 0.337 e. The van der Waals surface area contributed by atoms with Crippen molar-refractivity contribution in [3.05, 3.63) is 53.2 Å². The van der Waals surface area contributed by atoms with Crippen LogP contribution in [0.25, 0.3) is 5.57 Å². The first kappa shape index (κ1) is 21.7. The highest BCUT2D eigenvalue weighted by atomic mass is 16.5. The van der Waals surface area contributed by atoms with Crippen molar-refractivity contribution in [3.63, 3.8) is 0 Å². The van der Waals surface area contributed by atoms with Crippen LogP contribution in [-0.4, -0.2) is 84.6 Å². The Morgan fingerprint density at radius 3 is 2.61 bits per heavy atom. The minimum Gasteiger partial charge on any atom is -0.463 e. The summed E-state index contributed by atoms with van der Waals surface area (Å²) in [5.74, 6) is -0.180. The zero-order valence-electron chi connectivity index (χ0n) is 19.2. The quantitative estimate of drug-likeness (QED) is 0.654. The third-order valence-electron chi connectivity index (χ3n) is 6.80. The summed E-state index contributed by atoms with van der Waals surface area (Å²) in [5.41, 5.74) is 3.03. The second-order valence-corrected chi connectivity index (χ2v) is 8.56. The lowest BCUT2D eigenvalue weighted by molar-refractivity contribution is -0.144. The Balaban J connectivity index is 1.68. The summed E-state index contributed by atoms with van der Waals surface area (Å²) < 4.78 is 11.0. The van der Waals surface area contributed by atoms with Gasteiger partial charge in [-0.05, 0) is 31.9 Å². The number of hydrogen-bond acceptors (Lipinski definition) is 7. The molecule has 1 aromatic carbocycles. The Morgan fingerprint density at radius 2 is 1.91 bits per heavy atom. The standard InChI is InChI=1S/C25H30N4O4/c1-3-27-11-10-19-21(24(27)30)22(25(31)33-4-2)23-18(17-8-6-5-7-9-17)16-20(26-29(19)23)28-12-14-32-15-13-28/h5-9,16,19,21H,3-4,10-15H2,1-2H3. The number of nitrogens with zero attached hydrogens (tertiary/aromatic N) is 4. The molecule has 1 amide bonds. The summed E-state index contributed by atoms with van der Waals surface area (Å²) in [4.78, 5) is 30.8. The minimum absolute atomic E-state index is 0.0192. The average molecular weight is 451 g/mol. The van der Waals surface area contributed by atoms with Gasteiger partial charge in [-0.2, -0.15) is 5.10 Å². The number of benzene rings is 1. The van der Waals surface area contributed by atoms with Crippen LogP contribution in [0.2, 0.25) is 0 Å². The highest BCUT2D eigenvalue weighted by Gasteiger charge is 2.53. The first-order chi connectivity index (χ1) is 16.1. The molecule has 0 aromatic heterocycles. The zero-order chi connectivity index (χ0) is 22.9. The molecule has 2 fully saturated rings. The Labute approximate surface area is 194 Å². The van der Waals surface area contributed by atoms with Gasteiger partial charge < -0.3 is 19.3 Å². The number of morpholine rings is 1. The van der Waals surface area contributed by atoms with Crippen molar-refractivity contribution in [3.8, 4) is 0 Å². The summed E-state index contributed by atoms with van der Waals surface area (Å²) in [6.07, 6.45) is 2.80. The van der Waals surface area contributed by atoms with Crippen molar-refractivity contribution in [2.75, 3.05) is 46.0 Å². The SMILES string of the molecule is CCOC(=O)C1=C2C(c3ccccc3)=CC(N3CCOCC3)=NN2C2CCN(CC)C(=O)C12. The monoisotopic (exact) mass is 450 g/mol. The van der Waals surface area contributed by atoms with Crippen LogP contribution in [0.5, 0.6) is 0 Å². The number of allylic oxidation sites excluding steroid dienone is 1. The molecule has 0 spiro atoms. The lowest BCUT2D eigenvalue weighted by Crippen LogP contribution is -2.51. The maximum absolute atomic E-state index is 13.5. The molecular formula is C25H30N4O4. The van der Waals surface area contributed by atoms with E-state index in [-0.39, 0.29) is 18.6 Å². The van der Waals surface area contributed by atoms with Gasteiger partial charge in [0.15, 0.2) is 0 Å². The number of carbonyl (C=O) groups is 2. The van der Waals surface area contributed by atoms with Crippen molar-refractivity contribution < 1.29 is 19.1 Å². The molecule has 0 radical (unpaired) electrons. The summed E-state index contributed by atoms with van der Waals surface area (Å²) in [5, 5.41) is 6.95. The van der Waals surface area contributed by atoms with E-state index in [2.05, 4.69) is 4.90 Å². The molecule has 8 nitrogen and oxygen atoms in total. The van der Waals surface area contributed by atoms with Gasteiger partial charge in [-0.25, -0.2) is 4.79 Å². The summed E-state index contributed by atoms with van der Waals surface area (Å²) in [7, 11) is 0. The van der Waals surface area contributed by atoms with Crippen LogP contribution < -0.4 is 0 Å². The van der Waals surface area contributed by atoms with Gasteiger partial charge in [0, 0.05) is 31.8 Å². The molecule has 0 N–H and O–H groups in total. The second-order valence-electron chi connectivity index (χ2n) is 8.56. The molecule has 33 heavy (non-hydrogen) atoms. The number of hydrazone groups is 1. The maximum atomic E-state index is 13.5. The molecular weight excluding hydrogens is 420 g/mol. The van der Waals surface area contributed by atoms with Gasteiger partial charge in [0.2, 0.25) is 5.91 Å².